The van der Waals surface area contributed by atoms with Gasteiger partial charge in [-0.05, 0) is 29.8 Å². The second-order valence-electron chi connectivity index (χ2n) is 7.33. The highest BCUT2D eigenvalue weighted by molar-refractivity contribution is 6.02. The van der Waals surface area contributed by atoms with E-state index in [1.807, 2.05) is 30.3 Å². The van der Waals surface area contributed by atoms with E-state index in [2.05, 4.69) is 10.6 Å². The first-order valence-corrected chi connectivity index (χ1v) is 9.61. The Bertz CT molecular complexity index is 975. The third kappa shape index (κ3) is 5.67. The summed E-state index contributed by atoms with van der Waals surface area (Å²) in [6.07, 6.45) is -1.67. The summed E-state index contributed by atoms with van der Waals surface area (Å²) in [5, 5.41) is 14.2. The average molecular weight is 425 g/mol. The van der Waals surface area contributed by atoms with Crippen molar-refractivity contribution in [1.82, 2.24) is 10.2 Å². The number of amides is 3. The Morgan fingerprint density at radius 1 is 0.968 bits per heavy atom. The van der Waals surface area contributed by atoms with Crippen LogP contribution in [-0.2, 0) is 25.5 Å². The van der Waals surface area contributed by atoms with Crippen LogP contribution in [0.3, 0.4) is 0 Å². The van der Waals surface area contributed by atoms with Crippen LogP contribution in [0.1, 0.15) is 15.9 Å². The lowest BCUT2D eigenvalue weighted by atomic mass is 10.0. The zero-order valence-electron chi connectivity index (χ0n) is 17.1. The molecule has 9 heteroatoms. The van der Waals surface area contributed by atoms with E-state index >= 15 is 0 Å². The molecule has 31 heavy (non-hydrogen) atoms. The quantitative estimate of drug-likeness (QED) is 0.539. The number of carboxylic acids is 1. The van der Waals surface area contributed by atoms with Gasteiger partial charge in [0, 0.05) is 26.2 Å². The zero-order valence-corrected chi connectivity index (χ0v) is 17.1. The number of hydrogen-bond donors (Lipinski definition) is 3. The summed E-state index contributed by atoms with van der Waals surface area (Å²) in [4.78, 5) is 49.7. The molecule has 1 saturated heterocycles. The van der Waals surface area contributed by atoms with Gasteiger partial charge in [-0.15, -0.1) is 0 Å². The summed E-state index contributed by atoms with van der Waals surface area (Å²) in [7, 11) is 3.21. The summed E-state index contributed by atoms with van der Waals surface area (Å²) in [5.74, 6) is -2.41. The highest BCUT2D eigenvalue weighted by atomic mass is 16.6. The Labute approximate surface area is 179 Å². The smallest absolute Gasteiger partial charge is 0.335 e. The first-order chi connectivity index (χ1) is 14.8. The van der Waals surface area contributed by atoms with Crippen LogP contribution < -0.4 is 10.6 Å². The van der Waals surface area contributed by atoms with Gasteiger partial charge >= 0.3 is 5.97 Å². The maximum Gasteiger partial charge on any atom is 0.335 e. The van der Waals surface area contributed by atoms with Crippen LogP contribution >= 0.6 is 0 Å². The molecule has 1 fully saturated rings. The van der Waals surface area contributed by atoms with E-state index in [0.29, 0.717) is 12.1 Å². The molecule has 0 spiro atoms. The van der Waals surface area contributed by atoms with Gasteiger partial charge in [-0.2, -0.15) is 0 Å². The molecule has 1 aliphatic rings. The standard InChI is InChI=1S/C22H23N3O6/c1-25(2)21(28)16(12-13-6-4-3-5-7-13)24-20(27)18-17(31-18)19(26)23-15-10-8-14(9-11-15)22(29)30/h3-11,16-18H,12H2,1-2H3,(H,23,26)(H,24,27)(H,29,30)/t16-,17?,18?/m0/s1. The van der Waals surface area contributed by atoms with Crippen LogP contribution in [0.4, 0.5) is 5.69 Å². The highest BCUT2D eigenvalue weighted by Crippen LogP contribution is 2.24. The number of rotatable bonds is 8. The number of nitrogens with zero attached hydrogens (tertiary/aromatic N) is 1. The van der Waals surface area contributed by atoms with Crippen molar-refractivity contribution in [3.63, 3.8) is 0 Å². The van der Waals surface area contributed by atoms with Crippen LogP contribution in [0.2, 0.25) is 0 Å². The van der Waals surface area contributed by atoms with Gasteiger partial charge in [-0.3, -0.25) is 14.4 Å². The second-order valence-corrected chi connectivity index (χ2v) is 7.33. The summed E-state index contributed by atoms with van der Waals surface area (Å²) in [6, 6.07) is 14.1. The van der Waals surface area contributed by atoms with Gasteiger partial charge in [-0.25, -0.2) is 4.79 Å². The topological polar surface area (TPSA) is 128 Å². The minimum Gasteiger partial charge on any atom is -0.478 e. The predicted molar refractivity (Wildman–Crippen MR) is 111 cm³/mol. The van der Waals surface area contributed by atoms with E-state index in [4.69, 9.17) is 9.84 Å². The fourth-order valence-corrected chi connectivity index (χ4v) is 3.04. The lowest BCUT2D eigenvalue weighted by Gasteiger charge is -2.21. The van der Waals surface area contributed by atoms with Gasteiger partial charge in [0.05, 0.1) is 5.56 Å². The fraction of sp³-hybridized carbons (Fsp3) is 0.273. The lowest BCUT2D eigenvalue weighted by Crippen LogP contribution is -2.49. The monoisotopic (exact) mass is 425 g/mol. The molecule has 2 aromatic carbocycles. The van der Waals surface area contributed by atoms with Crippen molar-refractivity contribution < 1.29 is 29.0 Å². The molecule has 9 nitrogen and oxygen atoms in total. The zero-order chi connectivity index (χ0) is 22.5. The number of likely N-dealkylation sites (N-methyl/N-ethyl adjacent to an activating group) is 1. The van der Waals surface area contributed by atoms with Crippen LogP contribution in [0.15, 0.2) is 54.6 Å². The molecule has 0 aromatic heterocycles. The highest BCUT2D eigenvalue weighted by Gasteiger charge is 2.51. The maximum absolute atomic E-state index is 12.6. The van der Waals surface area contributed by atoms with Crippen molar-refractivity contribution in [1.29, 1.82) is 0 Å². The molecule has 1 heterocycles. The van der Waals surface area contributed by atoms with Crippen LogP contribution in [0.5, 0.6) is 0 Å². The number of carbonyl (C=O) groups is 4. The number of hydrogen-bond acceptors (Lipinski definition) is 5. The fourth-order valence-electron chi connectivity index (χ4n) is 3.04. The number of epoxide rings is 1. The minimum atomic E-state index is -1.07. The second kappa shape index (κ2) is 9.40. The third-order valence-electron chi connectivity index (χ3n) is 4.75. The Morgan fingerprint density at radius 2 is 1.58 bits per heavy atom. The molecule has 3 atom stereocenters. The molecule has 0 aliphatic carbocycles. The van der Waals surface area contributed by atoms with Crippen molar-refractivity contribution in [2.75, 3.05) is 19.4 Å². The van der Waals surface area contributed by atoms with Crippen molar-refractivity contribution in [2.24, 2.45) is 0 Å². The van der Waals surface area contributed by atoms with Gasteiger partial charge in [0.15, 0.2) is 12.2 Å². The molecule has 2 unspecified atom stereocenters. The SMILES string of the molecule is CN(C)C(=O)[C@H](Cc1ccccc1)NC(=O)C1OC1C(=O)Nc1ccc(C(=O)O)cc1. The van der Waals surface area contributed by atoms with E-state index in [9.17, 15) is 19.2 Å². The molecule has 3 N–H and O–H groups in total. The Kier molecular flexibility index (Phi) is 6.66. The molecule has 0 saturated carbocycles. The van der Waals surface area contributed by atoms with Crippen molar-refractivity contribution in [3.8, 4) is 0 Å². The maximum atomic E-state index is 12.6. The third-order valence-corrected chi connectivity index (χ3v) is 4.75. The Hall–Kier alpha value is -3.72. The van der Waals surface area contributed by atoms with Crippen molar-refractivity contribution in [2.45, 2.75) is 24.7 Å². The molecular formula is C22H23N3O6. The van der Waals surface area contributed by atoms with Gasteiger partial charge in [0.25, 0.3) is 11.8 Å². The Morgan fingerprint density at radius 3 is 2.16 bits per heavy atom. The summed E-state index contributed by atoms with van der Waals surface area (Å²) < 4.78 is 5.22. The number of carboxylic acid groups (broad SMARTS) is 1. The molecule has 0 bridgehead atoms. The van der Waals surface area contributed by atoms with Crippen LogP contribution in [0, 0.1) is 0 Å². The van der Waals surface area contributed by atoms with Gasteiger partial charge in [0.2, 0.25) is 5.91 Å². The average Bonchev–Trinajstić information content (AvgIpc) is 3.55. The Balaban J connectivity index is 1.58. The van der Waals surface area contributed by atoms with Crippen LogP contribution in [0.25, 0.3) is 0 Å². The molecule has 162 valence electrons. The largest absolute Gasteiger partial charge is 0.478 e. The molecule has 0 radical (unpaired) electrons. The first-order valence-electron chi connectivity index (χ1n) is 9.61. The number of carbonyl (C=O) groups excluding carboxylic acids is 3. The minimum absolute atomic E-state index is 0.0907. The summed E-state index contributed by atoms with van der Waals surface area (Å²) in [6.45, 7) is 0. The number of nitrogens with one attached hydrogen (secondary N) is 2. The normalized spacial score (nSPS) is 17.9. The molecule has 2 aromatic rings. The molecule has 1 aliphatic heterocycles. The van der Waals surface area contributed by atoms with E-state index in [1.165, 1.54) is 29.2 Å². The van der Waals surface area contributed by atoms with Crippen LogP contribution in [-0.4, -0.2) is 66.0 Å². The number of benzene rings is 2. The van der Waals surface area contributed by atoms with Crippen molar-refractivity contribution in [3.05, 3.63) is 65.7 Å². The van der Waals surface area contributed by atoms with E-state index in [0.717, 1.165) is 5.56 Å². The summed E-state index contributed by atoms with van der Waals surface area (Å²) in [5.41, 5.74) is 1.36. The first kappa shape index (κ1) is 22.0. The molecule has 3 rings (SSSR count). The summed E-state index contributed by atoms with van der Waals surface area (Å²) >= 11 is 0. The lowest BCUT2D eigenvalue weighted by molar-refractivity contribution is -0.134. The van der Waals surface area contributed by atoms with Gasteiger partial charge in [0.1, 0.15) is 6.04 Å². The molecular weight excluding hydrogens is 402 g/mol. The van der Waals surface area contributed by atoms with Crippen molar-refractivity contribution >= 4 is 29.4 Å². The number of ether oxygens (including phenoxy) is 1. The number of aromatic carboxylic acids is 1. The predicted octanol–water partition coefficient (Wildman–Crippen LogP) is 0.906. The van der Waals surface area contributed by atoms with E-state index in [-0.39, 0.29) is 11.5 Å². The van der Waals surface area contributed by atoms with E-state index in [1.54, 1.807) is 14.1 Å². The van der Waals surface area contributed by atoms with E-state index < -0.39 is 36.0 Å². The number of anilines is 1. The molecule has 3 amide bonds. The van der Waals surface area contributed by atoms with Gasteiger partial charge in [-0.1, -0.05) is 30.3 Å². The van der Waals surface area contributed by atoms with Gasteiger partial charge < -0.3 is 25.4 Å².